The van der Waals surface area contributed by atoms with E-state index >= 15 is 0 Å². The Hall–Kier alpha value is -2.93. The molecule has 2 saturated heterocycles. The quantitative estimate of drug-likeness (QED) is 0.713. The third-order valence-electron chi connectivity index (χ3n) is 5.81. The summed E-state index contributed by atoms with van der Waals surface area (Å²) in [4.78, 5) is 28.9. The maximum atomic E-state index is 13.1. The van der Waals surface area contributed by atoms with Gasteiger partial charge in [-0.25, -0.2) is 4.39 Å². The Labute approximate surface area is 181 Å². The van der Waals surface area contributed by atoms with E-state index in [9.17, 15) is 14.0 Å². The Balaban J connectivity index is 1.30. The first kappa shape index (κ1) is 21.3. The van der Waals surface area contributed by atoms with Crippen LogP contribution in [0.2, 0.25) is 0 Å². The van der Waals surface area contributed by atoms with Gasteiger partial charge in [0.2, 0.25) is 5.91 Å². The molecule has 31 heavy (non-hydrogen) atoms. The van der Waals surface area contributed by atoms with E-state index in [-0.39, 0.29) is 30.1 Å². The van der Waals surface area contributed by atoms with Crippen LogP contribution in [-0.2, 0) is 16.0 Å². The third-order valence-corrected chi connectivity index (χ3v) is 5.81. The van der Waals surface area contributed by atoms with Crippen molar-refractivity contribution in [1.82, 2.24) is 9.80 Å². The van der Waals surface area contributed by atoms with E-state index in [0.29, 0.717) is 50.8 Å². The molecule has 2 aliphatic heterocycles. The van der Waals surface area contributed by atoms with Gasteiger partial charge in [0.1, 0.15) is 18.2 Å². The molecule has 0 radical (unpaired) electrons. The van der Waals surface area contributed by atoms with Crippen molar-refractivity contribution in [3.05, 3.63) is 65.5 Å². The van der Waals surface area contributed by atoms with Crippen LogP contribution in [0.4, 0.5) is 4.39 Å². The molecule has 164 valence electrons. The molecule has 1 atom stereocenters. The van der Waals surface area contributed by atoms with Gasteiger partial charge >= 0.3 is 0 Å². The van der Waals surface area contributed by atoms with E-state index in [1.807, 2.05) is 4.90 Å². The average molecular weight is 426 g/mol. The predicted molar refractivity (Wildman–Crippen MR) is 113 cm³/mol. The Bertz CT molecular complexity index is 895. The standard InChI is InChI=1S/C24H27FN2O4/c25-20-7-3-18(4-8-20)16-23(28)27-11-1-2-21(27)17-31-22-9-5-19(6-10-22)24(29)26-12-14-30-15-13-26/h3-10,21H,1-2,11-17H2. The van der Waals surface area contributed by atoms with Gasteiger partial charge in [-0.15, -0.1) is 0 Å². The number of rotatable bonds is 6. The van der Waals surface area contributed by atoms with Crippen molar-refractivity contribution < 1.29 is 23.5 Å². The molecule has 0 saturated carbocycles. The summed E-state index contributed by atoms with van der Waals surface area (Å²) < 4.78 is 24.3. The Morgan fingerprint density at radius 3 is 2.42 bits per heavy atom. The minimum atomic E-state index is -0.304. The second-order valence-corrected chi connectivity index (χ2v) is 7.93. The molecule has 7 heteroatoms. The maximum absolute atomic E-state index is 13.1. The molecule has 1 unspecified atom stereocenters. The number of benzene rings is 2. The molecule has 0 aliphatic carbocycles. The fourth-order valence-electron chi connectivity index (χ4n) is 4.05. The summed E-state index contributed by atoms with van der Waals surface area (Å²) in [6.07, 6.45) is 2.09. The zero-order chi connectivity index (χ0) is 21.6. The SMILES string of the molecule is O=C(c1ccc(OCC2CCCN2C(=O)Cc2ccc(F)cc2)cc1)N1CCOCC1. The molecular weight excluding hydrogens is 399 g/mol. The van der Waals surface area contributed by atoms with E-state index in [1.54, 1.807) is 41.3 Å². The van der Waals surface area contributed by atoms with Gasteiger partial charge in [0.05, 0.1) is 25.7 Å². The van der Waals surface area contributed by atoms with Gasteiger partial charge < -0.3 is 19.3 Å². The molecule has 0 N–H and O–H groups in total. The number of nitrogens with zero attached hydrogens (tertiary/aromatic N) is 2. The first-order valence-corrected chi connectivity index (χ1v) is 10.7. The van der Waals surface area contributed by atoms with Crippen LogP contribution in [-0.4, -0.2) is 67.1 Å². The molecule has 0 spiro atoms. The Morgan fingerprint density at radius 1 is 1.00 bits per heavy atom. The van der Waals surface area contributed by atoms with Crippen molar-refractivity contribution in [3.63, 3.8) is 0 Å². The van der Waals surface area contributed by atoms with Crippen LogP contribution < -0.4 is 4.74 Å². The van der Waals surface area contributed by atoms with Gasteiger partial charge in [-0.2, -0.15) is 0 Å². The second kappa shape index (κ2) is 9.92. The molecule has 2 aromatic rings. The van der Waals surface area contributed by atoms with Crippen molar-refractivity contribution in [2.75, 3.05) is 39.5 Å². The van der Waals surface area contributed by atoms with Crippen molar-refractivity contribution in [2.45, 2.75) is 25.3 Å². The first-order valence-electron chi connectivity index (χ1n) is 10.7. The molecule has 4 rings (SSSR count). The predicted octanol–water partition coefficient (Wildman–Crippen LogP) is 2.91. The van der Waals surface area contributed by atoms with Crippen molar-refractivity contribution >= 4 is 11.8 Å². The lowest BCUT2D eigenvalue weighted by molar-refractivity contribution is -0.131. The number of hydrogen-bond donors (Lipinski definition) is 0. The molecule has 0 bridgehead atoms. The number of morpholine rings is 1. The van der Waals surface area contributed by atoms with E-state index < -0.39 is 0 Å². The largest absolute Gasteiger partial charge is 0.491 e. The van der Waals surface area contributed by atoms with Crippen molar-refractivity contribution in [3.8, 4) is 5.75 Å². The van der Waals surface area contributed by atoms with Crippen LogP contribution in [0.3, 0.4) is 0 Å². The molecule has 2 heterocycles. The van der Waals surface area contributed by atoms with E-state index in [1.165, 1.54) is 12.1 Å². The number of hydrogen-bond acceptors (Lipinski definition) is 4. The van der Waals surface area contributed by atoms with Gasteiger partial charge in [-0.1, -0.05) is 12.1 Å². The summed E-state index contributed by atoms with van der Waals surface area (Å²) >= 11 is 0. The molecule has 2 fully saturated rings. The fourth-order valence-corrected chi connectivity index (χ4v) is 4.05. The van der Waals surface area contributed by atoms with Gasteiger partial charge in [0, 0.05) is 25.2 Å². The molecule has 2 aromatic carbocycles. The fraction of sp³-hybridized carbons (Fsp3) is 0.417. The lowest BCUT2D eigenvalue weighted by Crippen LogP contribution is -2.40. The minimum absolute atomic E-state index is 0.00297. The Morgan fingerprint density at radius 2 is 1.71 bits per heavy atom. The number of halogens is 1. The van der Waals surface area contributed by atoms with Crippen LogP contribution in [0, 0.1) is 5.82 Å². The first-order chi connectivity index (χ1) is 15.1. The van der Waals surface area contributed by atoms with E-state index in [2.05, 4.69) is 0 Å². The summed E-state index contributed by atoms with van der Waals surface area (Å²) in [6.45, 7) is 3.49. The zero-order valence-corrected chi connectivity index (χ0v) is 17.5. The van der Waals surface area contributed by atoms with Crippen LogP contribution in [0.25, 0.3) is 0 Å². The average Bonchev–Trinajstić information content (AvgIpc) is 3.28. The second-order valence-electron chi connectivity index (χ2n) is 7.93. The smallest absolute Gasteiger partial charge is 0.254 e. The van der Waals surface area contributed by atoms with Crippen molar-refractivity contribution in [1.29, 1.82) is 0 Å². The van der Waals surface area contributed by atoms with E-state index in [0.717, 1.165) is 18.4 Å². The summed E-state index contributed by atoms with van der Waals surface area (Å²) in [6, 6.07) is 13.2. The van der Waals surface area contributed by atoms with Crippen LogP contribution in [0.5, 0.6) is 5.75 Å². The zero-order valence-electron chi connectivity index (χ0n) is 17.5. The highest BCUT2D eigenvalue weighted by atomic mass is 19.1. The lowest BCUT2D eigenvalue weighted by Gasteiger charge is -2.27. The summed E-state index contributed by atoms with van der Waals surface area (Å²) in [5.41, 5.74) is 1.43. The number of carbonyl (C=O) groups excluding carboxylic acids is 2. The highest BCUT2D eigenvalue weighted by Gasteiger charge is 2.29. The van der Waals surface area contributed by atoms with E-state index in [4.69, 9.17) is 9.47 Å². The maximum Gasteiger partial charge on any atom is 0.254 e. The Kier molecular flexibility index (Phi) is 6.82. The number of ether oxygens (including phenoxy) is 2. The van der Waals surface area contributed by atoms with Crippen LogP contribution >= 0.6 is 0 Å². The topological polar surface area (TPSA) is 59.1 Å². The van der Waals surface area contributed by atoms with Gasteiger partial charge in [-0.05, 0) is 54.8 Å². The normalized spacial score (nSPS) is 18.8. The summed E-state index contributed by atoms with van der Waals surface area (Å²) in [5.74, 6) is 0.407. The van der Waals surface area contributed by atoms with Gasteiger partial charge in [0.25, 0.3) is 5.91 Å². The summed E-state index contributed by atoms with van der Waals surface area (Å²) in [5, 5.41) is 0. The number of amides is 2. The molecule has 2 aliphatic rings. The summed E-state index contributed by atoms with van der Waals surface area (Å²) in [7, 11) is 0. The number of likely N-dealkylation sites (tertiary alicyclic amines) is 1. The highest BCUT2D eigenvalue weighted by Crippen LogP contribution is 2.21. The molecule has 2 amide bonds. The minimum Gasteiger partial charge on any atom is -0.491 e. The monoisotopic (exact) mass is 426 g/mol. The van der Waals surface area contributed by atoms with Crippen LogP contribution in [0.1, 0.15) is 28.8 Å². The molecule has 6 nitrogen and oxygen atoms in total. The lowest BCUT2D eigenvalue weighted by atomic mass is 10.1. The van der Waals surface area contributed by atoms with Gasteiger partial charge in [0.15, 0.2) is 0 Å². The molecule has 0 aromatic heterocycles. The molecular formula is C24H27FN2O4. The third kappa shape index (κ3) is 5.41. The van der Waals surface area contributed by atoms with Crippen molar-refractivity contribution in [2.24, 2.45) is 0 Å². The van der Waals surface area contributed by atoms with Crippen LogP contribution in [0.15, 0.2) is 48.5 Å². The number of carbonyl (C=O) groups is 2. The van der Waals surface area contributed by atoms with Gasteiger partial charge in [-0.3, -0.25) is 9.59 Å². The highest BCUT2D eigenvalue weighted by molar-refractivity contribution is 5.94.